The maximum atomic E-state index is 13.2. The smallest absolute Gasteiger partial charge is 0.306 e. The van der Waals surface area contributed by atoms with Gasteiger partial charge in [-0.15, -0.1) is 0 Å². The fourth-order valence-corrected chi connectivity index (χ4v) is 10.6. The molecular formula is C41H73N3O3. The van der Waals surface area contributed by atoms with Crippen LogP contribution in [0.15, 0.2) is 11.6 Å². The van der Waals surface area contributed by atoms with Crippen LogP contribution in [-0.4, -0.2) is 47.0 Å². The Kier molecular flexibility index (Phi) is 12.4. The number of amides is 1. The van der Waals surface area contributed by atoms with Gasteiger partial charge in [0, 0.05) is 37.0 Å². The minimum Gasteiger partial charge on any atom is -0.462 e. The first-order valence-corrected chi connectivity index (χ1v) is 19.6. The quantitative estimate of drug-likeness (QED) is 0.136. The van der Waals surface area contributed by atoms with Gasteiger partial charge in [0.05, 0.1) is 6.42 Å². The van der Waals surface area contributed by atoms with Crippen LogP contribution in [0.25, 0.3) is 0 Å². The monoisotopic (exact) mass is 656 g/mol. The molecule has 6 heteroatoms. The molecule has 4 aliphatic carbocycles. The fraction of sp³-hybridized carbons (Fsp3) is 0.902. The first-order chi connectivity index (χ1) is 21.8. The topological polar surface area (TPSA) is 98.7 Å². The van der Waals surface area contributed by atoms with Crippen molar-refractivity contribution >= 4 is 11.9 Å². The van der Waals surface area contributed by atoms with Crippen molar-refractivity contribution in [1.29, 1.82) is 0 Å². The lowest BCUT2D eigenvalue weighted by Crippen LogP contribution is -2.51. The van der Waals surface area contributed by atoms with Crippen molar-refractivity contribution in [3.63, 3.8) is 0 Å². The molecule has 0 radical (unpaired) electrons. The predicted octanol–water partition coefficient (Wildman–Crippen LogP) is 8.80. The van der Waals surface area contributed by atoms with Gasteiger partial charge in [0.1, 0.15) is 6.10 Å². The van der Waals surface area contributed by atoms with Gasteiger partial charge in [0.2, 0.25) is 5.91 Å². The highest BCUT2D eigenvalue weighted by molar-refractivity contribution is 5.81. The number of nitrogens with zero attached hydrogens (tertiary/aromatic N) is 1. The molecule has 3 fully saturated rings. The van der Waals surface area contributed by atoms with Crippen LogP contribution in [0, 0.1) is 46.3 Å². The van der Waals surface area contributed by atoms with E-state index in [-0.39, 0.29) is 47.3 Å². The number of allylic oxidation sites excluding steroid dienone is 1. The van der Waals surface area contributed by atoms with Crippen molar-refractivity contribution < 1.29 is 14.3 Å². The lowest BCUT2D eigenvalue weighted by atomic mass is 9.47. The van der Waals surface area contributed by atoms with Crippen molar-refractivity contribution in [3.8, 4) is 0 Å². The van der Waals surface area contributed by atoms with Gasteiger partial charge in [-0.2, -0.15) is 0 Å². The van der Waals surface area contributed by atoms with Crippen molar-refractivity contribution in [2.24, 2.45) is 57.8 Å². The number of ether oxygens (including phenoxy) is 1. The molecule has 3 saturated carbocycles. The molecule has 0 spiro atoms. The maximum Gasteiger partial charge on any atom is 0.306 e. The summed E-state index contributed by atoms with van der Waals surface area (Å²) in [6.45, 7) is 21.5. The molecule has 0 aromatic heterocycles. The van der Waals surface area contributed by atoms with Crippen molar-refractivity contribution in [2.45, 2.75) is 176 Å². The average Bonchev–Trinajstić information content (AvgIpc) is 3.32. The molecule has 270 valence electrons. The van der Waals surface area contributed by atoms with Crippen molar-refractivity contribution in [1.82, 2.24) is 4.90 Å². The molecule has 0 aliphatic heterocycles. The van der Waals surface area contributed by atoms with E-state index in [1.807, 2.05) is 32.6 Å². The van der Waals surface area contributed by atoms with Crippen molar-refractivity contribution in [2.75, 3.05) is 13.1 Å². The second kappa shape index (κ2) is 15.2. The summed E-state index contributed by atoms with van der Waals surface area (Å²) in [4.78, 5) is 28.1. The van der Waals surface area contributed by atoms with E-state index in [1.54, 1.807) is 5.57 Å². The minimum absolute atomic E-state index is 0.0175. The summed E-state index contributed by atoms with van der Waals surface area (Å²) in [7, 11) is 0. The van der Waals surface area contributed by atoms with E-state index >= 15 is 0 Å². The Bertz CT molecular complexity index is 1080. The van der Waals surface area contributed by atoms with Crippen LogP contribution < -0.4 is 11.5 Å². The van der Waals surface area contributed by atoms with Gasteiger partial charge < -0.3 is 21.1 Å². The van der Waals surface area contributed by atoms with Gasteiger partial charge in [-0.1, -0.05) is 65.5 Å². The molecule has 0 bridgehead atoms. The van der Waals surface area contributed by atoms with Crippen LogP contribution in [0.2, 0.25) is 0 Å². The third-order valence-electron chi connectivity index (χ3n) is 13.5. The molecule has 47 heavy (non-hydrogen) atoms. The van der Waals surface area contributed by atoms with Gasteiger partial charge in [0.25, 0.3) is 0 Å². The zero-order valence-corrected chi connectivity index (χ0v) is 32.0. The summed E-state index contributed by atoms with van der Waals surface area (Å²) < 4.78 is 6.06. The lowest BCUT2D eigenvalue weighted by Gasteiger charge is -2.58. The van der Waals surface area contributed by atoms with Gasteiger partial charge >= 0.3 is 5.97 Å². The summed E-state index contributed by atoms with van der Waals surface area (Å²) in [6.07, 6.45) is 18.0. The molecule has 0 saturated heterocycles. The molecule has 4 aliphatic rings. The van der Waals surface area contributed by atoms with E-state index < -0.39 is 0 Å². The number of rotatable bonds is 15. The average molecular weight is 656 g/mol. The Morgan fingerprint density at radius 1 is 0.915 bits per heavy atom. The Morgan fingerprint density at radius 2 is 1.57 bits per heavy atom. The van der Waals surface area contributed by atoms with E-state index in [0.717, 1.165) is 54.8 Å². The van der Waals surface area contributed by atoms with E-state index in [1.165, 1.54) is 51.4 Å². The lowest BCUT2D eigenvalue weighted by molar-refractivity contribution is -0.153. The molecule has 0 aromatic carbocycles. The number of esters is 1. The van der Waals surface area contributed by atoms with Gasteiger partial charge in [-0.05, 0) is 132 Å². The van der Waals surface area contributed by atoms with Crippen molar-refractivity contribution in [3.05, 3.63) is 11.6 Å². The molecule has 4 rings (SSSR count). The Balaban J connectivity index is 1.31. The van der Waals surface area contributed by atoms with Crippen LogP contribution in [0.4, 0.5) is 0 Å². The van der Waals surface area contributed by atoms with E-state index in [4.69, 9.17) is 16.2 Å². The highest BCUT2D eigenvalue weighted by Gasteiger charge is 2.59. The van der Waals surface area contributed by atoms with Gasteiger partial charge in [-0.3, -0.25) is 9.59 Å². The molecule has 0 heterocycles. The molecule has 6 nitrogen and oxygen atoms in total. The van der Waals surface area contributed by atoms with Crippen LogP contribution >= 0.6 is 0 Å². The Labute approximate surface area is 289 Å². The third-order valence-corrected chi connectivity index (χ3v) is 13.5. The highest BCUT2D eigenvalue weighted by atomic mass is 16.5. The molecule has 0 aromatic rings. The summed E-state index contributed by atoms with van der Waals surface area (Å²) in [5.74, 6) is 4.69. The van der Waals surface area contributed by atoms with E-state index in [0.29, 0.717) is 31.3 Å². The van der Waals surface area contributed by atoms with E-state index in [2.05, 4.69) is 40.7 Å². The Morgan fingerprint density at radius 3 is 2.19 bits per heavy atom. The number of carbonyl (C=O) groups is 2. The van der Waals surface area contributed by atoms with Crippen LogP contribution in [0.5, 0.6) is 0 Å². The summed E-state index contributed by atoms with van der Waals surface area (Å²) >= 11 is 0. The molecule has 8 atom stereocenters. The zero-order valence-electron chi connectivity index (χ0n) is 32.0. The number of hydrogen-bond acceptors (Lipinski definition) is 5. The summed E-state index contributed by atoms with van der Waals surface area (Å²) in [5.41, 5.74) is 14.0. The molecule has 8 unspecified atom stereocenters. The number of fused-ring (bicyclic) bond motifs is 5. The molecule has 1 amide bonds. The second-order valence-corrected chi connectivity index (χ2v) is 19.0. The van der Waals surface area contributed by atoms with Gasteiger partial charge in [-0.25, -0.2) is 0 Å². The minimum atomic E-state index is -0.360. The number of nitrogens with two attached hydrogens (primary N) is 2. The number of carbonyl (C=O) groups excluding carboxylic acids is 2. The molecular weight excluding hydrogens is 582 g/mol. The largest absolute Gasteiger partial charge is 0.462 e. The first-order valence-electron chi connectivity index (χ1n) is 19.6. The predicted molar refractivity (Wildman–Crippen MR) is 195 cm³/mol. The fourth-order valence-electron chi connectivity index (χ4n) is 10.6. The molecule has 4 N–H and O–H groups in total. The highest BCUT2D eigenvalue weighted by Crippen LogP contribution is 2.67. The van der Waals surface area contributed by atoms with Crippen LogP contribution in [0.3, 0.4) is 0 Å². The first kappa shape index (κ1) is 38.4. The SMILES string of the molecule is CC(C)CCCC(C)C1CCC2C3CC=C4CC(OC(=O)CCC(=O)N(CCC(C)(C)N)CCC(C)(C)N)CCC4(C)C3CCC12C. The van der Waals surface area contributed by atoms with E-state index in [9.17, 15) is 9.59 Å². The second-order valence-electron chi connectivity index (χ2n) is 19.0. The normalized spacial score (nSPS) is 33.0. The third kappa shape index (κ3) is 9.65. The maximum absolute atomic E-state index is 13.2. The Hall–Kier alpha value is -1.40. The van der Waals surface area contributed by atoms with Gasteiger partial charge in [0.15, 0.2) is 0 Å². The standard InChI is InChI=1S/C41H73N3O3/c1-28(2)11-10-12-29(3)33-15-16-34-32-14-13-30-27-31(19-21-40(30,8)35(32)20-22-41(33,34)9)47-37(46)18-17-36(45)44(25-23-38(4,5)42)26-24-39(6,7)43/h13,28-29,31-35H,10-12,14-27,42-43H2,1-9H3. The summed E-state index contributed by atoms with van der Waals surface area (Å²) in [6, 6.07) is 0. The zero-order chi connectivity index (χ0) is 34.8. The number of hydrogen-bond donors (Lipinski definition) is 2. The summed E-state index contributed by atoms with van der Waals surface area (Å²) in [5, 5.41) is 0. The van der Waals surface area contributed by atoms with Crippen LogP contribution in [0.1, 0.15) is 159 Å². The van der Waals surface area contributed by atoms with Crippen LogP contribution in [-0.2, 0) is 14.3 Å².